The van der Waals surface area contributed by atoms with Crippen LogP contribution in [0.25, 0.3) is 0 Å². The standard InChI is InChI=1S/C19H24BrN3O4S/c1-12-16(13(2)23(21-12)15-7-8-28(25,26)11-15)10-22(3)19(24)14-5-6-18(27-4)17(20)9-14/h5-6,9,15H,7-8,10-11H2,1-4H3. The molecule has 152 valence electrons. The predicted molar refractivity (Wildman–Crippen MR) is 111 cm³/mol. The molecule has 1 unspecified atom stereocenters. The summed E-state index contributed by atoms with van der Waals surface area (Å²) in [6.45, 7) is 4.23. The van der Waals surface area contributed by atoms with Gasteiger partial charge < -0.3 is 9.64 Å². The molecule has 28 heavy (non-hydrogen) atoms. The second-order valence-electron chi connectivity index (χ2n) is 7.16. The molecule has 1 fully saturated rings. The van der Waals surface area contributed by atoms with Crippen LogP contribution in [0.1, 0.15) is 39.8 Å². The maximum atomic E-state index is 12.8. The number of nitrogens with zero attached hydrogens (tertiary/aromatic N) is 3. The summed E-state index contributed by atoms with van der Waals surface area (Å²) < 4.78 is 31.4. The summed E-state index contributed by atoms with van der Waals surface area (Å²) in [4.78, 5) is 14.5. The number of sulfone groups is 1. The highest BCUT2D eigenvalue weighted by Crippen LogP contribution is 2.28. The number of carbonyl (C=O) groups is 1. The summed E-state index contributed by atoms with van der Waals surface area (Å²) in [6, 6.07) is 5.09. The van der Waals surface area contributed by atoms with E-state index in [9.17, 15) is 13.2 Å². The van der Waals surface area contributed by atoms with Gasteiger partial charge in [0.25, 0.3) is 5.91 Å². The van der Waals surface area contributed by atoms with Crippen LogP contribution in [-0.4, -0.2) is 54.7 Å². The Morgan fingerprint density at radius 2 is 2.11 bits per heavy atom. The van der Waals surface area contributed by atoms with Gasteiger partial charge in [0, 0.05) is 30.4 Å². The minimum absolute atomic E-state index is 0.113. The zero-order valence-corrected chi connectivity index (χ0v) is 18.8. The number of benzene rings is 1. The number of halogens is 1. The van der Waals surface area contributed by atoms with Crippen LogP contribution < -0.4 is 4.74 Å². The third-order valence-electron chi connectivity index (χ3n) is 5.17. The second kappa shape index (κ2) is 7.87. The number of rotatable bonds is 5. The summed E-state index contributed by atoms with van der Waals surface area (Å²) in [7, 11) is 0.336. The molecule has 0 N–H and O–H groups in total. The van der Waals surface area contributed by atoms with Gasteiger partial charge in [-0.25, -0.2) is 8.42 Å². The Morgan fingerprint density at radius 1 is 1.39 bits per heavy atom. The number of aryl methyl sites for hydroxylation is 1. The molecule has 1 atom stereocenters. The van der Waals surface area contributed by atoms with E-state index in [2.05, 4.69) is 21.0 Å². The van der Waals surface area contributed by atoms with E-state index in [0.29, 0.717) is 24.3 Å². The van der Waals surface area contributed by atoms with Crippen LogP contribution in [0.4, 0.5) is 0 Å². The average molecular weight is 470 g/mol. The number of methoxy groups -OCH3 is 1. The van der Waals surface area contributed by atoms with Gasteiger partial charge in [-0.15, -0.1) is 0 Å². The Kier molecular flexibility index (Phi) is 5.86. The molecular formula is C19H24BrN3O4S. The first kappa shape index (κ1) is 20.9. The van der Waals surface area contributed by atoms with Gasteiger partial charge in [-0.1, -0.05) is 0 Å². The third-order valence-corrected chi connectivity index (χ3v) is 7.54. The van der Waals surface area contributed by atoms with E-state index in [-0.39, 0.29) is 23.5 Å². The highest BCUT2D eigenvalue weighted by Gasteiger charge is 2.31. The van der Waals surface area contributed by atoms with Crippen molar-refractivity contribution >= 4 is 31.7 Å². The molecule has 0 spiro atoms. The molecule has 0 saturated carbocycles. The molecule has 1 aromatic carbocycles. The summed E-state index contributed by atoms with van der Waals surface area (Å²) in [6.07, 6.45) is 0.582. The molecule has 1 aromatic heterocycles. The Morgan fingerprint density at radius 3 is 2.68 bits per heavy atom. The van der Waals surface area contributed by atoms with Crippen LogP contribution in [0.2, 0.25) is 0 Å². The van der Waals surface area contributed by atoms with Crippen LogP contribution in [-0.2, 0) is 16.4 Å². The molecule has 3 rings (SSSR count). The van der Waals surface area contributed by atoms with Gasteiger partial charge in [0.2, 0.25) is 0 Å². The molecule has 2 heterocycles. The highest BCUT2D eigenvalue weighted by atomic mass is 79.9. The summed E-state index contributed by atoms with van der Waals surface area (Å²) in [5.74, 6) is 0.885. The molecule has 0 bridgehead atoms. The zero-order chi connectivity index (χ0) is 20.6. The molecule has 7 nitrogen and oxygen atoms in total. The first-order valence-electron chi connectivity index (χ1n) is 8.97. The fourth-order valence-corrected chi connectivity index (χ4v) is 5.81. The number of hydrogen-bond acceptors (Lipinski definition) is 5. The van der Waals surface area contributed by atoms with Gasteiger partial charge in [0.15, 0.2) is 9.84 Å². The van der Waals surface area contributed by atoms with Gasteiger partial charge >= 0.3 is 0 Å². The largest absolute Gasteiger partial charge is 0.496 e. The van der Waals surface area contributed by atoms with Crippen molar-refractivity contribution in [3.05, 3.63) is 45.2 Å². The monoisotopic (exact) mass is 469 g/mol. The zero-order valence-electron chi connectivity index (χ0n) is 16.4. The van der Waals surface area contributed by atoms with Crippen LogP contribution in [0.5, 0.6) is 5.75 Å². The molecule has 2 aromatic rings. The lowest BCUT2D eigenvalue weighted by Gasteiger charge is -2.18. The number of aromatic nitrogens is 2. The van der Waals surface area contributed by atoms with Crippen molar-refractivity contribution in [3.8, 4) is 5.75 Å². The van der Waals surface area contributed by atoms with Gasteiger partial charge in [0.1, 0.15) is 5.75 Å². The van der Waals surface area contributed by atoms with Crippen molar-refractivity contribution in [2.75, 3.05) is 25.7 Å². The number of ether oxygens (including phenoxy) is 1. The first-order valence-corrected chi connectivity index (χ1v) is 11.6. The van der Waals surface area contributed by atoms with E-state index >= 15 is 0 Å². The Bertz CT molecular complexity index is 1020. The van der Waals surface area contributed by atoms with Crippen molar-refractivity contribution in [1.29, 1.82) is 0 Å². The van der Waals surface area contributed by atoms with E-state index in [1.807, 2.05) is 18.5 Å². The van der Waals surface area contributed by atoms with Gasteiger partial charge in [0.05, 0.1) is 34.8 Å². The van der Waals surface area contributed by atoms with Crippen molar-refractivity contribution in [1.82, 2.24) is 14.7 Å². The summed E-state index contributed by atoms with van der Waals surface area (Å²) in [5, 5.41) is 4.57. The Labute approximate surface area is 173 Å². The smallest absolute Gasteiger partial charge is 0.253 e. The van der Waals surface area contributed by atoms with Crippen LogP contribution in [0.15, 0.2) is 22.7 Å². The first-order chi connectivity index (χ1) is 13.1. The molecule has 1 saturated heterocycles. The Balaban J connectivity index is 1.80. The number of hydrogen-bond donors (Lipinski definition) is 0. The SMILES string of the molecule is COc1ccc(C(=O)N(C)Cc2c(C)nn(C3CCS(=O)(=O)C3)c2C)cc1Br. The summed E-state index contributed by atoms with van der Waals surface area (Å²) >= 11 is 3.41. The van der Waals surface area contributed by atoms with Crippen LogP contribution in [0.3, 0.4) is 0 Å². The van der Waals surface area contributed by atoms with E-state index in [4.69, 9.17) is 4.74 Å². The van der Waals surface area contributed by atoms with Crippen molar-refractivity contribution in [2.24, 2.45) is 0 Å². The van der Waals surface area contributed by atoms with Gasteiger partial charge in [-0.05, 0) is 54.4 Å². The maximum Gasteiger partial charge on any atom is 0.253 e. The minimum Gasteiger partial charge on any atom is -0.496 e. The van der Waals surface area contributed by atoms with E-state index in [1.165, 1.54) is 0 Å². The molecule has 9 heteroatoms. The Hall–Kier alpha value is -1.87. The number of amides is 1. The second-order valence-corrected chi connectivity index (χ2v) is 10.2. The predicted octanol–water partition coefficient (Wildman–Crippen LogP) is 2.90. The van der Waals surface area contributed by atoms with Crippen molar-refractivity contribution in [3.63, 3.8) is 0 Å². The fourth-order valence-electron chi connectivity index (χ4n) is 3.58. The van der Waals surface area contributed by atoms with Crippen molar-refractivity contribution in [2.45, 2.75) is 32.9 Å². The lowest BCUT2D eigenvalue weighted by atomic mass is 10.1. The quantitative estimate of drug-likeness (QED) is 0.672. The lowest BCUT2D eigenvalue weighted by molar-refractivity contribution is 0.0784. The van der Waals surface area contributed by atoms with Crippen LogP contribution >= 0.6 is 15.9 Å². The fraction of sp³-hybridized carbons (Fsp3) is 0.474. The average Bonchev–Trinajstić information content (AvgIpc) is 3.14. The number of carbonyl (C=O) groups excluding carboxylic acids is 1. The molecule has 1 aliphatic rings. The van der Waals surface area contributed by atoms with Crippen molar-refractivity contribution < 1.29 is 17.9 Å². The molecular weight excluding hydrogens is 446 g/mol. The molecule has 0 radical (unpaired) electrons. The van der Waals surface area contributed by atoms with Gasteiger partial charge in [-0.3, -0.25) is 9.48 Å². The van der Waals surface area contributed by atoms with E-state index in [0.717, 1.165) is 21.4 Å². The topological polar surface area (TPSA) is 81.5 Å². The maximum absolute atomic E-state index is 12.8. The third kappa shape index (κ3) is 4.10. The summed E-state index contributed by atoms with van der Waals surface area (Å²) in [5.41, 5.74) is 3.24. The molecule has 1 aliphatic heterocycles. The minimum atomic E-state index is -2.99. The normalized spacial score (nSPS) is 18.2. The van der Waals surface area contributed by atoms with E-state index in [1.54, 1.807) is 37.3 Å². The van der Waals surface area contributed by atoms with E-state index < -0.39 is 9.84 Å². The lowest BCUT2D eigenvalue weighted by Crippen LogP contribution is -2.26. The van der Waals surface area contributed by atoms with Crippen LogP contribution in [0, 0.1) is 13.8 Å². The molecule has 0 aliphatic carbocycles. The molecule has 1 amide bonds. The van der Waals surface area contributed by atoms with Gasteiger partial charge in [-0.2, -0.15) is 5.10 Å². The highest BCUT2D eigenvalue weighted by molar-refractivity contribution is 9.10.